The van der Waals surface area contributed by atoms with Crippen molar-refractivity contribution in [2.45, 2.75) is 13.8 Å². The Labute approximate surface area is 107 Å². The summed E-state index contributed by atoms with van der Waals surface area (Å²) in [4.78, 5) is 24.7. The highest BCUT2D eigenvalue weighted by atomic mass is 16.5. The molecule has 0 N–H and O–H groups in total. The first-order valence-electron chi connectivity index (χ1n) is 5.66. The lowest BCUT2D eigenvalue weighted by Gasteiger charge is -2.21. The Morgan fingerprint density at radius 2 is 1.89 bits per heavy atom. The third-order valence-electron chi connectivity index (χ3n) is 2.57. The molecular weight excluding hydrogens is 230 g/mol. The van der Waals surface area contributed by atoms with Crippen molar-refractivity contribution in [2.75, 3.05) is 18.6 Å². The highest BCUT2D eigenvalue weighted by Gasteiger charge is 2.17. The van der Waals surface area contributed by atoms with E-state index >= 15 is 0 Å². The van der Waals surface area contributed by atoms with Crippen molar-refractivity contribution < 1.29 is 14.3 Å². The molecule has 0 spiro atoms. The van der Waals surface area contributed by atoms with Crippen LogP contribution < -0.4 is 4.90 Å². The number of methoxy groups -OCH3 is 1. The zero-order valence-electron chi connectivity index (χ0n) is 10.8. The summed E-state index contributed by atoms with van der Waals surface area (Å²) in [5.74, 6) is -0.538. The van der Waals surface area contributed by atoms with Gasteiger partial charge < -0.3 is 9.64 Å². The van der Waals surface area contributed by atoms with Crippen molar-refractivity contribution in [3.8, 4) is 0 Å². The van der Waals surface area contributed by atoms with Gasteiger partial charge in [-0.25, -0.2) is 4.79 Å². The van der Waals surface area contributed by atoms with E-state index in [2.05, 4.69) is 4.74 Å². The third kappa shape index (κ3) is 3.45. The monoisotopic (exact) mass is 247 g/mol. The van der Waals surface area contributed by atoms with Crippen molar-refractivity contribution in [3.63, 3.8) is 0 Å². The van der Waals surface area contributed by atoms with E-state index in [0.717, 1.165) is 5.69 Å². The molecule has 96 valence electrons. The second-order valence-electron chi connectivity index (χ2n) is 3.75. The van der Waals surface area contributed by atoms with Crippen LogP contribution in [0.15, 0.2) is 42.0 Å². The summed E-state index contributed by atoms with van der Waals surface area (Å²) in [6.45, 7) is 3.43. The molecule has 0 aliphatic carbocycles. The molecule has 0 saturated carbocycles. The van der Waals surface area contributed by atoms with Gasteiger partial charge in [-0.05, 0) is 19.1 Å². The fraction of sp³-hybridized carbons (Fsp3) is 0.286. The normalized spacial score (nSPS) is 10.9. The standard InChI is InChI=1S/C14H17NO3/c1-4-12(14(17)18-3)10-15(11(2)16)13-8-6-5-7-9-13/h4-9H,10H2,1-3H3/b12-4-. The van der Waals surface area contributed by atoms with Gasteiger partial charge in [-0.3, -0.25) is 4.79 Å². The number of ether oxygens (including phenoxy) is 1. The van der Waals surface area contributed by atoms with Gasteiger partial charge in [0.1, 0.15) is 0 Å². The second-order valence-corrected chi connectivity index (χ2v) is 3.75. The summed E-state index contributed by atoms with van der Waals surface area (Å²) in [6, 6.07) is 9.22. The number of para-hydroxylation sites is 1. The van der Waals surface area contributed by atoms with Crippen LogP contribution >= 0.6 is 0 Å². The zero-order chi connectivity index (χ0) is 13.5. The predicted molar refractivity (Wildman–Crippen MR) is 70.2 cm³/mol. The van der Waals surface area contributed by atoms with Gasteiger partial charge in [-0.1, -0.05) is 24.3 Å². The van der Waals surface area contributed by atoms with E-state index in [1.165, 1.54) is 18.9 Å². The number of rotatable bonds is 4. The van der Waals surface area contributed by atoms with Crippen LogP contribution in [0.1, 0.15) is 13.8 Å². The lowest BCUT2D eigenvalue weighted by Crippen LogP contribution is -2.32. The van der Waals surface area contributed by atoms with Crippen LogP contribution in [-0.2, 0) is 14.3 Å². The van der Waals surface area contributed by atoms with E-state index in [9.17, 15) is 9.59 Å². The lowest BCUT2D eigenvalue weighted by atomic mass is 10.2. The van der Waals surface area contributed by atoms with Gasteiger partial charge in [0.05, 0.1) is 19.2 Å². The summed E-state index contributed by atoms with van der Waals surface area (Å²) in [5, 5.41) is 0. The Kier molecular flexibility index (Phi) is 5.11. The number of benzene rings is 1. The zero-order valence-corrected chi connectivity index (χ0v) is 10.8. The number of carbonyl (C=O) groups excluding carboxylic acids is 2. The Morgan fingerprint density at radius 1 is 1.28 bits per heavy atom. The summed E-state index contributed by atoms with van der Waals surface area (Å²) in [5.41, 5.74) is 1.21. The molecule has 4 nitrogen and oxygen atoms in total. The van der Waals surface area contributed by atoms with Crippen LogP contribution in [-0.4, -0.2) is 25.5 Å². The number of hydrogen-bond donors (Lipinski definition) is 0. The maximum absolute atomic E-state index is 11.7. The maximum Gasteiger partial charge on any atom is 0.335 e. The van der Waals surface area contributed by atoms with Crippen LogP contribution in [0.25, 0.3) is 0 Å². The third-order valence-corrected chi connectivity index (χ3v) is 2.57. The van der Waals surface area contributed by atoms with Gasteiger partial charge in [0, 0.05) is 12.6 Å². The van der Waals surface area contributed by atoms with Gasteiger partial charge >= 0.3 is 5.97 Å². The molecule has 0 bridgehead atoms. The average Bonchev–Trinajstić information content (AvgIpc) is 2.39. The smallest absolute Gasteiger partial charge is 0.335 e. The lowest BCUT2D eigenvalue weighted by molar-refractivity contribution is -0.136. The number of anilines is 1. The molecular formula is C14H17NO3. The van der Waals surface area contributed by atoms with Crippen molar-refractivity contribution in [1.29, 1.82) is 0 Å². The fourth-order valence-corrected chi connectivity index (χ4v) is 1.57. The van der Waals surface area contributed by atoms with E-state index < -0.39 is 5.97 Å². The quantitative estimate of drug-likeness (QED) is 0.605. The number of esters is 1. The predicted octanol–water partition coefficient (Wildman–Crippen LogP) is 2.16. The van der Waals surface area contributed by atoms with E-state index in [1.807, 2.05) is 30.3 Å². The molecule has 0 aromatic heterocycles. The minimum atomic E-state index is -0.417. The number of amides is 1. The van der Waals surface area contributed by atoms with Crippen LogP contribution in [0.3, 0.4) is 0 Å². The molecule has 0 heterocycles. The van der Waals surface area contributed by atoms with Crippen LogP contribution in [0.4, 0.5) is 5.69 Å². The molecule has 0 saturated heterocycles. The molecule has 0 unspecified atom stereocenters. The Balaban J connectivity index is 2.95. The van der Waals surface area contributed by atoms with E-state index in [1.54, 1.807) is 13.0 Å². The van der Waals surface area contributed by atoms with Crippen molar-refractivity contribution in [2.24, 2.45) is 0 Å². The Hall–Kier alpha value is -2.10. The van der Waals surface area contributed by atoms with Crippen molar-refractivity contribution in [3.05, 3.63) is 42.0 Å². The topological polar surface area (TPSA) is 46.6 Å². The largest absolute Gasteiger partial charge is 0.466 e. The molecule has 1 rings (SSSR count). The second kappa shape index (κ2) is 6.59. The van der Waals surface area contributed by atoms with Crippen LogP contribution in [0, 0.1) is 0 Å². The number of hydrogen-bond acceptors (Lipinski definition) is 3. The van der Waals surface area contributed by atoms with Crippen molar-refractivity contribution in [1.82, 2.24) is 0 Å². The van der Waals surface area contributed by atoms with Gasteiger partial charge in [0.15, 0.2) is 0 Å². The molecule has 0 atom stereocenters. The van der Waals surface area contributed by atoms with Gasteiger partial charge in [0.2, 0.25) is 5.91 Å². The Morgan fingerprint density at radius 3 is 2.33 bits per heavy atom. The van der Waals surface area contributed by atoms with Gasteiger partial charge in [-0.15, -0.1) is 0 Å². The summed E-state index contributed by atoms with van der Waals surface area (Å²) < 4.78 is 4.67. The average molecular weight is 247 g/mol. The van der Waals surface area contributed by atoms with E-state index in [4.69, 9.17) is 0 Å². The highest BCUT2D eigenvalue weighted by Crippen LogP contribution is 2.15. The molecule has 1 amide bonds. The number of carbonyl (C=O) groups is 2. The Bertz CT molecular complexity index is 451. The molecule has 0 aliphatic heterocycles. The fourth-order valence-electron chi connectivity index (χ4n) is 1.57. The highest BCUT2D eigenvalue weighted by molar-refractivity contribution is 5.96. The SMILES string of the molecule is C/C=C(/CN(C(C)=O)c1ccccc1)C(=O)OC. The minimum Gasteiger partial charge on any atom is -0.466 e. The van der Waals surface area contributed by atoms with Crippen LogP contribution in [0.5, 0.6) is 0 Å². The van der Waals surface area contributed by atoms with Crippen molar-refractivity contribution >= 4 is 17.6 Å². The molecule has 0 aliphatic rings. The summed E-state index contributed by atoms with van der Waals surface area (Å²) in [6.07, 6.45) is 1.66. The molecule has 1 aromatic rings. The first-order valence-corrected chi connectivity index (χ1v) is 5.66. The first kappa shape index (κ1) is 14.0. The molecule has 4 heteroatoms. The number of nitrogens with zero attached hydrogens (tertiary/aromatic N) is 1. The minimum absolute atomic E-state index is 0.121. The van der Waals surface area contributed by atoms with Crippen LogP contribution in [0.2, 0.25) is 0 Å². The van der Waals surface area contributed by atoms with Gasteiger partial charge in [0.25, 0.3) is 0 Å². The maximum atomic E-state index is 11.7. The number of allylic oxidation sites excluding steroid dienone is 1. The van der Waals surface area contributed by atoms with Gasteiger partial charge in [-0.2, -0.15) is 0 Å². The molecule has 1 aromatic carbocycles. The van der Waals surface area contributed by atoms with E-state index in [-0.39, 0.29) is 12.5 Å². The first-order chi connectivity index (χ1) is 8.60. The summed E-state index contributed by atoms with van der Waals surface area (Å²) >= 11 is 0. The molecule has 0 fully saturated rings. The molecule has 18 heavy (non-hydrogen) atoms. The summed E-state index contributed by atoms with van der Waals surface area (Å²) in [7, 11) is 1.33. The molecule has 0 radical (unpaired) electrons. The van der Waals surface area contributed by atoms with E-state index in [0.29, 0.717) is 5.57 Å².